The van der Waals surface area contributed by atoms with Crippen molar-refractivity contribution in [3.63, 3.8) is 0 Å². The Kier molecular flexibility index (Phi) is 9.55. The summed E-state index contributed by atoms with van der Waals surface area (Å²) in [6.45, 7) is 7.33. The van der Waals surface area contributed by atoms with E-state index >= 15 is 0 Å². The smallest absolute Gasteiger partial charge is 0.295 e. The monoisotopic (exact) mass is 484 g/mol. The largest absolute Gasteiger partial charge is 0.507 e. The fraction of sp³-hybridized carbons (Fsp3) is 0.429. The average molecular weight is 485 g/mol. The molecule has 188 valence electrons. The number of rotatable bonds is 12. The van der Waals surface area contributed by atoms with E-state index in [1.54, 1.807) is 6.07 Å². The van der Waals surface area contributed by atoms with Crippen molar-refractivity contribution < 1.29 is 23.5 Å². The summed E-state index contributed by atoms with van der Waals surface area (Å²) in [5.74, 6) is -2.93. The van der Waals surface area contributed by atoms with Gasteiger partial charge in [-0.05, 0) is 80.9 Å². The molecule has 1 atom stereocenters. The Morgan fingerprint density at radius 3 is 2.14 bits per heavy atom. The van der Waals surface area contributed by atoms with E-state index in [1.807, 2.05) is 0 Å². The molecule has 0 aliphatic carbocycles. The number of ketones is 1. The topological polar surface area (TPSA) is 60.9 Å². The molecule has 2 aromatic carbocycles. The van der Waals surface area contributed by atoms with Gasteiger partial charge >= 0.3 is 0 Å². The Hall–Kier alpha value is -3.06. The minimum absolute atomic E-state index is 0.110. The van der Waals surface area contributed by atoms with Crippen LogP contribution in [-0.4, -0.2) is 52.8 Å². The van der Waals surface area contributed by atoms with Gasteiger partial charge in [0, 0.05) is 12.1 Å². The summed E-state index contributed by atoms with van der Waals surface area (Å²) in [6, 6.07) is 9.83. The molecule has 0 saturated carbocycles. The van der Waals surface area contributed by atoms with Crippen LogP contribution in [0, 0.1) is 11.6 Å². The van der Waals surface area contributed by atoms with E-state index in [0.29, 0.717) is 18.5 Å². The first-order chi connectivity index (χ1) is 16.9. The first-order valence-electron chi connectivity index (χ1n) is 12.4. The molecule has 0 bridgehead atoms. The van der Waals surface area contributed by atoms with Crippen molar-refractivity contribution in [2.45, 2.75) is 52.0 Å². The highest BCUT2D eigenvalue weighted by molar-refractivity contribution is 6.46. The van der Waals surface area contributed by atoms with E-state index in [1.165, 1.54) is 47.4 Å². The molecule has 0 aromatic heterocycles. The summed E-state index contributed by atoms with van der Waals surface area (Å²) in [5.41, 5.74) is 0.513. The van der Waals surface area contributed by atoms with Gasteiger partial charge in [-0.3, -0.25) is 9.59 Å². The number of unbranched alkanes of at least 4 members (excludes halogenated alkanes) is 2. The van der Waals surface area contributed by atoms with Crippen molar-refractivity contribution in [3.05, 3.63) is 76.9 Å². The fourth-order valence-corrected chi connectivity index (χ4v) is 4.46. The fourth-order valence-electron chi connectivity index (χ4n) is 4.46. The normalized spacial score (nSPS) is 17.5. The Balaban J connectivity index is 1.91. The van der Waals surface area contributed by atoms with E-state index < -0.39 is 35.1 Å². The van der Waals surface area contributed by atoms with Crippen LogP contribution in [0.5, 0.6) is 0 Å². The third-order valence-corrected chi connectivity index (χ3v) is 6.35. The molecule has 1 aliphatic heterocycles. The van der Waals surface area contributed by atoms with Gasteiger partial charge in [0.2, 0.25) is 0 Å². The van der Waals surface area contributed by atoms with Crippen LogP contribution in [0.4, 0.5) is 8.78 Å². The molecule has 2 aromatic rings. The lowest BCUT2D eigenvalue weighted by molar-refractivity contribution is -0.140. The molecule has 1 aliphatic rings. The number of nitrogens with zero attached hydrogens (tertiary/aromatic N) is 2. The molecular formula is C28H34F2N2O3. The molecule has 5 nitrogen and oxygen atoms in total. The van der Waals surface area contributed by atoms with Crippen LogP contribution in [0.25, 0.3) is 5.76 Å². The maximum absolute atomic E-state index is 14.1. The minimum atomic E-state index is -0.921. The molecule has 1 heterocycles. The second-order valence-corrected chi connectivity index (χ2v) is 8.96. The van der Waals surface area contributed by atoms with Gasteiger partial charge in [-0.25, -0.2) is 8.78 Å². The standard InChI is InChI=1S/C28H34F2N2O3/c1-3-5-15-31(16-6-4-2)17-8-18-32-25(21-9-7-10-23(30)19-21)24(27(34)28(32)35)26(33)20-11-13-22(29)14-12-20/h7,9-14,19,25,33H,3-6,8,15-18H2,1-2H3/t25-/m1/s1. The lowest BCUT2D eigenvalue weighted by Crippen LogP contribution is -2.34. The molecule has 35 heavy (non-hydrogen) atoms. The SMILES string of the molecule is CCCCN(CCCC)CCCN1C(=O)C(=O)C(=C(O)c2ccc(F)cc2)[C@H]1c1cccc(F)c1. The van der Waals surface area contributed by atoms with Gasteiger partial charge in [-0.15, -0.1) is 0 Å². The Morgan fingerprint density at radius 1 is 0.914 bits per heavy atom. The lowest BCUT2D eigenvalue weighted by atomic mass is 9.95. The molecule has 1 amide bonds. The van der Waals surface area contributed by atoms with Crippen molar-refractivity contribution in [2.24, 2.45) is 0 Å². The number of amides is 1. The van der Waals surface area contributed by atoms with E-state index in [9.17, 15) is 23.5 Å². The van der Waals surface area contributed by atoms with Crippen LogP contribution < -0.4 is 0 Å². The van der Waals surface area contributed by atoms with Gasteiger partial charge in [-0.1, -0.05) is 38.8 Å². The summed E-state index contributed by atoms with van der Waals surface area (Å²) in [4.78, 5) is 29.9. The predicted octanol–water partition coefficient (Wildman–Crippen LogP) is 5.68. The maximum atomic E-state index is 14.1. The van der Waals surface area contributed by atoms with Crippen molar-refractivity contribution in [3.8, 4) is 0 Å². The van der Waals surface area contributed by atoms with Crippen molar-refractivity contribution in [1.29, 1.82) is 0 Å². The van der Waals surface area contributed by atoms with Gasteiger partial charge in [0.15, 0.2) is 0 Å². The zero-order valence-electron chi connectivity index (χ0n) is 20.5. The number of aliphatic hydroxyl groups excluding tert-OH is 1. The zero-order chi connectivity index (χ0) is 25.4. The highest BCUT2D eigenvalue weighted by atomic mass is 19.1. The van der Waals surface area contributed by atoms with E-state index in [2.05, 4.69) is 18.7 Å². The summed E-state index contributed by atoms with van der Waals surface area (Å²) >= 11 is 0. The summed E-state index contributed by atoms with van der Waals surface area (Å²) in [7, 11) is 0. The third-order valence-electron chi connectivity index (χ3n) is 6.35. The second kappa shape index (κ2) is 12.6. The number of carbonyl (C=O) groups excluding carboxylic acids is 2. The van der Waals surface area contributed by atoms with Crippen molar-refractivity contribution in [2.75, 3.05) is 26.2 Å². The van der Waals surface area contributed by atoms with Gasteiger partial charge < -0.3 is 14.9 Å². The van der Waals surface area contributed by atoms with Gasteiger partial charge in [0.25, 0.3) is 11.7 Å². The van der Waals surface area contributed by atoms with Crippen LogP contribution >= 0.6 is 0 Å². The lowest BCUT2D eigenvalue weighted by Gasteiger charge is -2.27. The number of hydrogen-bond donors (Lipinski definition) is 1. The third kappa shape index (κ3) is 6.54. The van der Waals surface area contributed by atoms with Crippen molar-refractivity contribution >= 4 is 17.4 Å². The average Bonchev–Trinajstić information content (AvgIpc) is 3.10. The summed E-state index contributed by atoms with van der Waals surface area (Å²) in [6.07, 6.45) is 5.02. The Morgan fingerprint density at radius 2 is 1.54 bits per heavy atom. The van der Waals surface area contributed by atoms with Crippen LogP contribution in [-0.2, 0) is 9.59 Å². The number of benzene rings is 2. The van der Waals surface area contributed by atoms with Crippen molar-refractivity contribution in [1.82, 2.24) is 9.80 Å². The zero-order valence-corrected chi connectivity index (χ0v) is 20.5. The van der Waals surface area contributed by atoms with Crippen LogP contribution in [0.2, 0.25) is 0 Å². The quantitative estimate of drug-likeness (QED) is 0.239. The molecule has 1 N–H and O–H groups in total. The molecule has 3 rings (SSSR count). The van der Waals surface area contributed by atoms with Crippen LogP contribution in [0.3, 0.4) is 0 Å². The van der Waals surface area contributed by atoms with E-state index in [4.69, 9.17) is 0 Å². The molecule has 1 fully saturated rings. The minimum Gasteiger partial charge on any atom is -0.507 e. The molecule has 0 spiro atoms. The maximum Gasteiger partial charge on any atom is 0.295 e. The van der Waals surface area contributed by atoms with Gasteiger partial charge in [-0.2, -0.15) is 0 Å². The number of likely N-dealkylation sites (tertiary alicyclic amines) is 1. The van der Waals surface area contributed by atoms with E-state index in [-0.39, 0.29) is 11.1 Å². The number of hydrogen-bond acceptors (Lipinski definition) is 4. The van der Waals surface area contributed by atoms with Crippen LogP contribution in [0.1, 0.15) is 63.1 Å². The van der Waals surface area contributed by atoms with E-state index in [0.717, 1.165) is 45.3 Å². The first-order valence-corrected chi connectivity index (χ1v) is 12.4. The number of halogens is 2. The number of carbonyl (C=O) groups is 2. The highest BCUT2D eigenvalue weighted by Gasteiger charge is 2.45. The Labute approximate surface area is 206 Å². The van der Waals surface area contributed by atoms with Gasteiger partial charge in [0.05, 0.1) is 11.6 Å². The molecule has 7 heteroatoms. The second-order valence-electron chi connectivity index (χ2n) is 8.96. The van der Waals surface area contributed by atoms with Gasteiger partial charge in [0.1, 0.15) is 17.4 Å². The molecule has 0 radical (unpaired) electrons. The highest BCUT2D eigenvalue weighted by Crippen LogP contribution is 2.39. The number of aliphatic hydroxyl groups is 1. The molecular weight excluding hydrogens is 450 g/mol. The summed E-state index contributed by atoms with van der Waals surface area (Å²) < 4.78 is 27.5. The molecule has 0 unspecified atom stereocenters. The predicted molar refractivity (Wildman–Crippen MR) is 133 cm³/mol. The number of Topliss-reactive ketones (excluding diaryl/α,β-unsaturated/α-hetero) is 1. The summed E-state index contributed by atoms with van der Waals surface area (Å²) in [5, 5.41) is 11.0. The Bertz CT molecular complexity index is 1040. The van der Waals surface area contributed by atoms with Crippen LogP contribution in [0.15, 0.2) is 54.1 Å². The first kappa shape index (κ1) is 26.5. The molecule has 1 saturated heterocycles.